The van der Waals surface area contributed by atoms with Crippen molar-refractivity contribution in [3.8, 4) is 12.3 Å². The fourth-order valence-electron chi connectivity index (χ4n) is 2.85. The number of nitrogens with one attached hydrogen (secondary N) is 1. The molecule has 0 aromatic heterocycles. The Morgan fingerprint density at radius 3 is 2.53 bits per heavy atom. The first-order valence-electron chi connectivity index (χ1n) is 6.73. The lowest BCUT2D eigenvalue weighted by molar-refractivity contribution is -0.151. The van der Waals surface area contributed by atoms with Crippen molar-refractivity contribution < 1.29 is 14.4 Å². The third-order valence-electron chi connectivity index (χ3n) is 3.96. The Morgan fingerprint density at radius 2 is 1.89 bits per heavy atom. The molecular weight excluding hydrogens is 244 g/mol. The number of amides is 4. The molecule has 2 aliphatic rings. The van der Waals surface area contributed by atoms with Crippen molar-refractivity contribution in [2.45, 2.75) is 44.9 Å². The van der Waals surface area contributed by atoms with Crippen LogP contribution in [0.25, 0.3) is 0 Å². The molecule has 2 fully saturated rings. The molecule has 0 bridgehead atoms. The van der Waals surface area contributed by atoms with Crippen LogP contribution in [0.4, 0.5) is 4.79 Å². The van der Waals surface area contributed by atoms with Crippen molar-refractivity contribution in [2.75, 3.05) is 6.54 Å². The maximum atomic E-state index is 12.4. The van der Waals surface area contributed by atoms with Crippen molar-refractivity contribution in [2.24, 2.45) is 5.41 Å². The van der Waals surface area contributed by atoms with Gasteiger partial charge in [0.15, 0.2) is 0 Å². The van der Waals surface area contributed by atoms with E-state index < -0.39 is 17.4 Å². The summed E-state index contributed by atoms with van der Waals surface area (Å²) in [6, 6.07) is -0.590. The fraction of sp³-hybridized carbons (Fsp3) is 0.643. The van der Waals surface area contributed by atoms with Crippen molar-refractivity contribution in [3.05, 3.63) is 0 Å². The molecule has 0 unspecified atom stereocenters. The fourth-order valence-corrected chi connectivity index (χ4v) is 2.85. The second kappa shape index (κ2) is 5.43. The molecule has 1 heterocycles. The number of nitrogens with zero attached hydrogens (tertiary/aromatic N) is 1. The first-order chi connectivity index (χ1) is 9.12. The van der Waals surface area contributed by atoms with Gasteiger partial charge in [-0.3, -0.25) is 19.8 Å². The van der Waals surface area contributed by atoms with Crippen LogP contribution in [0.2, 0.25) is 0 Å². The van der Waals surface area contributed by atoms with Crippen LogP contribution in [0, 0.1) is 17.8 Å². The molecule has 2 rings (SSSR count). The van der Waals surface area contributed by atoms with Crippen molar-refractivity contribution in [1.82, 2.24) is 10.2 Å². The highest BCUT2D eigenvalue weighted by atomic mass is 16.2. The molecule has 0 aromatic carbocycles. The predicted molar refractivity (Wildman–Crippen MR) is 68.8 cm³/mol. The first-order valence-corrected chi connectivity index (χ1v) is 6.73. The minimum absolute atomic E-state index is 0.320. The zero-order valence-electron chi connectivity index (χ0n) is 10.9. The number of barbiturate groups is 1. The molecule has 0 aromatic rings. The summed E-state index contributed by atoms with van der Waals surface area (Å²) < 4.78 is 0. The Bertz CT molecular complexity index is 444. The van der Waals surface area contributed by atoms with Crippen LogP contribution in [-0.4, -0.2) is 29.3 Å². The van der Waals surface area contributed by atoms with E-state index in [9.17, 15) is 14.4 Å². The van der Waals surface area contributed by atoms with Crippen LogP contribution in [0.15, 0.2) is 0 Å². The van der Waals surface area contributed by atoms with E-state index in [1.54, 1.807) is 0 Å². The summed E-state index contributed by atoms with van der Waals surface area (Å²) in [5, 5.41) is 2.32. The van der Waals surface area contributed by atoms with E-state index in [0.717, 1.165) is 19.3 Å². The topological polar surface area (TPSA) is 66.5 Å². The summed E-state index contributed by atoms with van der Waals surface area (Å²) >= 11 is 0. The molecule has 1 spiro atoms. The molecule has 4 amide bonds. The molecule has 5 heteroatoms. The van der Waals surface area contributed by atoms with Gasteiger partial charge in [-0.25, -0.2) is 4.79 Å². The highest BCUT2D eigenvalue weighted by Gasteiger charge is 2.54. The maximum Gasteiger partial charge on any atom is 0.330 e. The summed E-state index contributed by atoms with van der Waals surface area (Å²) in [5.74, 6) is 1.79. The number of carbonyl (C=O) groups excluding carboxylic acids is 3. The summed E-state index contributed by atoms with van der Waals surface area (Å²) in [4.78, 5) is 37.3. The second-order valence-corrected chi connectivity index (χ2v) is 5.17. The van der Waals surface area contributed by atoms with E-state index >= 15 is 0 Å². The van der Waals surface area contributed by atoms with Gasteiger partial charge in [-0.15, -0.1) is 12.3 Å². The molecule has 0 radical (unpaired) electrons. The highest BCUT2D eigenvalue weighted by Crippen LogP contribution is 2.41. The van der Waals surface area contributed by atoms with Crippen molar-refractivity contribution in [3.63, 3.8) is 0 Å². The average molecular weight is 262 g/mol. The normalized spacial score (nSPS) is 21.6. The van der Waals surface area contributed by atoms with Gasteiger partial charge < -0.3 is 0 Å². The van der Waals surface area contributed by atoms with Crippen LogP contribution >= 0.6 is 0 Å². The molecule has 0 atom stereocenters. The van der Waals surface area contributed by atoms with Gasteiger partial charge in [0.25, 0.3) is 0 Å². The number of urea groups is 1. The second-order valence-electron chi connectivity index (χ2n) is 5.17. The Labute approximate surface area is 112 Å². The minimum Gasteiger partial charge on any atom is -0.277 e. The third kappa shape index (κ3) is 2.35. The van der Waals surface area contributed by atoms with E-state index in [-0.39, 0.29) is 5.91 Å². The molecule has 5 nitrogen and oxygen atoms in total. The van der Waals surface area contributed by atoms with Gasteiger partial charge in [0, 0.05) is 13.0 Å². The van der Waals surface area contributed by atoms with Gasteiger partial charge in [0.2, 0.25) is 11.8 Å². The monoisotopic (exact) mass is 262 g/mol. The molecular formula is C14H18N2O3. The van der Waals surface area contributed by atoms with Gasteiger partial charge in [0.05, 0.1) is 0 Å². The van der Waals surface area contributed by atoms with Crippen LogP contribution in [-0.2, 0) is 9.59 Å². The van der Waals surface area contributed by atoms with Crippen LogP contribution in [0.3, 0.4) is 0 Å². The average Bonchev–Trinajstić information content (AvgIpc) is 2.87. The predicted octanol–water partition coefficient (Wildman–Crippen LogP) is 1.43. The molecule has 1 saturated heterocycles. The number of unbranched alkanes of at least 4 members (excludes halogenated alkanes) is 2. The molecule has 1 N–H and O–H groups in total. The summed E-state index contributed by atoms with van der Waals surface area (Å²) in [6.45, 7) is 0.335. The zero-order chi connectivity index (χ0) is 13.9. The van der Waals surface area contributed by atoms with Gasteiger partial charge in [-0.05, 0) is 25.7 Å². The lowest BCUT2D eigenvalue weighted by Crippen LogP contribution is -2.63. The van der Waals surface area contributed by atoms with Crippen molar-refractivity contribution >= 4 is 17.8 Å². The van der Waals surface area contributed by atoms with Gasteiger partial charge in [0.1, 0.15) is 5.41 Å². The lowest BCUT2D eigenvalue weighted by atomic mass is 9.82. The molecule has 19 heavy (non-hydrogen) atoms. The minimum atomic E-state index is -0.986. The largest absolute Gasteiger partial charge is 0.330 e. The summed E-state index contributed by atoms with van der Waals surface area (Å²) in [7, 11) is 0. The number of carbonyl (C=O) groups is 3. The molecule has 1 aliphatic heterocycles. The molecule has 1 saturated carbocycles. The number of terminal acetylenes is 1. The third-order valence-corrected chi connectivity index (χ3v) is 3.96. The van der Waals surface area contributed by atoms with E-state index in [1.165, 1.54) is 4.90 Å². The summed E-state index contributed by atoms with van der Waals surface area (Å²) in [6.07, 6.45) is 10.1. The van der Waals surface area contributed by atoms with Gasteiger partial charge in [-0.1, -0.05) is 12.8 Å². The van der Waals surface area contributed by atoms with Crippen LogP contribution in [0.5, 0.6) is 0 Å². The van der Waals surface area contributed by atoms with Crippen LogP contribution < -0.4 is 5.32 Å². The van der Waals surface area contributed by atoms with Crippen molar-refractivity contribution in [1.29, 1.82) is 0 Å². The van der Waals surface area contributed by atoms with E-state index in [2.05, 4.69) is 11.2 Å². The van der Waals surface area contributed by atoms with Crippen LogP contribution in [0.1, 0.15) is 44.9 Å². The van der Waals surface area contributed by atoms with E-state index in [0.29, 0.717) is 32.2 Å². The Kier molecular flexibility index (Phi) is 3.89. The number of hydrogen-bond acceptors (Lipinski definition) is 3. The Hall–Kier alpha value is -1.83. The number of imide groups is 2. The molecule has 102 valence electrons. The Morgan fingerprint density at radius 1 is 1.21 bits per heavy atom. The number of rotatable bonds is 4. The smallest absolute Gasteiger partial charge is 0.277 e. The Balaban J connectivity index is 2.06. The standard InChI is InChI=1S/C14H18N2O3/c1-2-3-4-7-10-16-12(18)14(8-5-6-9-14)11(17)15-13(16)19/h1H,3-10H2,(H,15,17,19). The zero-order valence-corrected chi connectivity index (χ0v) is 10.9. The summed E-state index contributed by atoms with van der Waals surface area (Å²) in [5.41, 5.74) is -0.986. The van der Waals surface area contributed by atoms with E-state index in [4.69, 9.17) is 6.42 Å². The van der Waals surface area contributed by atoms with E-state index in [1.807, 2.05) is 0 Å². The maximum absolute atomic E-state index is 12.4. The quantitative estimate of drug-likeness (QED) is 0.473. The van der Waals surface area contributed by atoms with Gasteiger partial charge >= 0.3 is 6.03 Å². The molecule has 1 aliphatic carbocycles. The van der Waals surface area contributed by atoms with Gasteiger partial charge in [-0.2, -0.15) is 0 Å². The number of hydrogen-bond donors (Lipinski definition) is 1. The lowest BCUT2D eigenvalue weighted by Gasteiger charge is -2.36. The first kappa shape index (κ1) is 13.6. The highest BCUT2D eigenvalue weighted by molar-refractivity contribution is 6.19. The SMILES string of the molecule is C#CCCCCN1C(=O)NC(=O)C2(CCCC2)C1=O.